The lowest BCUT2D eigenvalue weighted by molar-refractivity contribution is -0.158. The van der Waals surface area contributed by atoms with E-state index in [0.29, 0.717) is 11.4 Å². The van der Waals surface area contributed by atoms with Crippen LogP contribution in [0.15, 0.2) is 29.2 Å². The number of hydrogen-bond acceptors (Lipinski definition) is 5. The van der Waals surface area contributed by atoms with Crippen LogP contribution in [-0.4, -0.2) is 29.8 Å². The lowest BCUT2D eigenvalue weighted by Crippen LogP contribution is -2.45. The van der Waals surface area contributed by atoms with Gasteiger partial charge in [-0.15, -0.1) is 11.8 Å². The summed E-state index contributed by atoms with van der Waals surface area (Å²) in [6.45, 7) is 3.43. The minimum absolute atomic E-state index is 0.188. The van der Waals surface area contributed by atoms with Gasteiger partial charge in [0.15, 0.2) is 6.10 Å². The summed E-state index contributed by atoms with van der Waals surface area (Å²) in [5, 5.41) is 2.61. The summed E-state index contributed by atoms with van der Waals surface area (Å²) in [7, 11) is 0. The van der Waals surface area contributed by atoms with Gasteiger partial charge < -0.3 is 10.5 Å². The van der Waals surface area contributed by atoms with E-state index in [1.807, 2.05) is 29.6 Å². The predicted octanol–water partition coefficient (Wildman–Crippen LogP) is 2.98. The van der Waals surface area contributed by atoms with Gasteiger partial charge in [-0.25, -0.2) is 4.79 Å². The molecule has 1 aromatic carbocycles. The Bertz CT molecular complexity index is 578. The fraction of sp³-hybridized carbons (Fsp3) is 0.438. The Morgan fingerprint density at radius 3 is 2.42 bits per heavy atom. The standard InChI is InChI=1S/C16H21ClN2O4S/c1-10(2)14(15(21)19-16(18)22)23-13(20)4-3-9-24-12-7-5-11(17)6-8-12/h5-8,10,14H,3-4,9H2,1-2H3,(H3,18,19,21,22)/t14-/m1/s1. The van der Waals surface area contributed by atoms with Gasteiger partial charge in [0.2, 0.25) is 0 Å². The third kappa shape index (κ3) is 7.70. The molecule has 6 nitrogen and oxygen atoms in total. The van der Waals surface area contributed by atoms with Crippen molar-refractivity contribution in [1.29, 1.82) is 0 Å². The van der Waals surface area contributed by atoms with E-state index in [1.165, 1.54) is 0 Å². The van der Waals surface area contributed by atoms with Gasteiger partial charge in [-0.1, -0.05) is 25.4 Å². The van der Waals surface area contributed by atoms with Gasteiger partial charge in [0, 0.05) is 16.3 Å². The lowest BCUT2D eigenvalue weighted by Gasteiger charge is -2.19. The summed E-state index contributed by atoms with van der Waals surface area (Å²) in [6.07, 6.45) is -0.240. The fourth-order valence-corrected chi connectivity index (χ4v) is 2.80. The molecule has 24 heavy (non-hydrogen) atoms. The number of rotatable bonds is 8. The predicted molar refractivity (Wildman–Crippen MR) is 93.9 cm³/mol. The molecule has 1 atom stereocenters. The van der Waals surface area contributed by atoms with E-state index in [1.54, 1.807) is 25.6 Å². The van der Waals surface area contributed by atoms with Gasteiger partial charge in [-0.05, 0) is 42.4 Å². The number of halogens is 1. The van der Waals surface area contributed by atoms with Gasteiger partial charge in [-0.3, -0.25) is 14.9 Å². The van der Waals surface area contributed by atoms with Gasteiger partial charge in [0.25, 0.3) is 5.91 Å². The average molecular weight is 373 g/mol. The highest BCUT2D eigenvalue weighted by Crippen LogP contribution is 2.21. The molecule has 1 rings (SSSR count). The van der Waals surface area contributed by atoms with E-state index in [4.69, 9.17) is 22.1 Å². The molecule has 3 N–H and O–H groups in total. The van der Waals surface area contributed by atoms with Gasteiger partial charge in [0.1, 0.15) is 0 Å². The number of benzene rings is 1. The molecule has 0 aliphatic carbocycles. The summed E-state index contributed by atoms with van der Waals surface area (Å²) in [4.78, 5) is 35.4. The van der Waals surface area contributed by atoms with Crippen LogP contribution in [0.3, 0.4) is 0 Å². The van der Waals surface area contributed by atoms with E-state index in [9.17, 15) is 14.4 Å². The maximum absolute atomic E-state index is 11.9. The molecule has 0 heterocycles. The normalized spacial score (nSPS) is 11.8. The number of imide groups is 1. The highest BCUT2D eigenvalue weighted by molar-refractivity contribution is 7.99. The number of amides is 3. The molecule has 0 unspecified atom stereocenters. The van der Waals surface area contributed by atoms with E-state index >= 15 is 0 Å². The Labute approximate surface area is 150 Å². The number of thioether (sulfide) groups is 1. The smallest absolute Gasteiger partial charge is 0.318 e. The first-order valence-corrected chi connectivity index (χ1v) is 8.84. The Morgan fingerprint density at radius 1 is 1.25 bits per heavy atom. The van der Waals surface area contributed by atoms with E-state index in [0.717, 1.165) is 10.6 Å². The summed E-state index contributed by atoms with van der Waals surface area (Å²) in [5.41, 5.74) is 4.90. The first-order valence-electron chi connectivity index (χ1n) is 7.47. The minimum atomic E-state index is -1.03. The molecule has 0 aliphatic rings. The van der Waals surface area contributed by atoms with Crippen molar-refractivity contribution in [1.82, 2.24) is 5.32 Å². The van der Waals surface area contributed by atoms with Crippen molar-refractivity contribution >= 4 is 41.3 Å². The number of nitrogens with one attached hydrogen (secondary N) is 1. The molecule has 8 heteroatoms. The molecular weight excluding hydrogens is 352 g/mol. The molecule has 1 aromatic rings. The van der Waals surface area contributed by atoms with Crippen LogP contribution in [0, 0.1) is 5.92 Å². The number of carbonyl (C=O) groups excluding carboxylic acids is 3. The lowest BCUT2D eigenvalue weighted by atomic mass is 10.1. The quantitative estimate of drug-likeness (QED) is 0.415. The van der Waals surface area contributed by atoms with Crippen molar-refractivity contribution in [2.24, 2.45) is 11.7 Å². The number of primary amides is 1. The molecule has 0 bridgehead atoms. The highest BCUT2D eigenvalue weighted by Gasteiger charge is 2.27. The first-order chi connectivity index (χ1) is 11.3. The largest absolute Gasteiger partial charge is 0.452 e. The number of nitrogens with two attached hydrogens (primary N) is 1. The Kier molecular flexibility index (Phi) is 8.63. The Morgan fingerprint density at radius 2 is 1.88 bits per heavy atom. The van der Waals surface area contributed by atoms with Crippen LogP contribution in [0.5, 0.6) is 0 Å². The summed E-state index contributed by atoms with van der Waals surface area (Å²) >= 11 is 7.42. The molecular formula is C16H21ClN2O4S. The summed E-state index contributed by atoms with van der Waals surface area (Å²) < 4.78 is 5.16. The van der Waals surface area contributed by atoms with E-state index in [-0.39, 0.29) is 12.3 Å². The Hall–Kier alpha value is -1.73. The second-order valence-corrected chi connectivity index (χ2v) is 7.02. The molecule has 132 valence electrons. The summed E-state index contributed by atoms with van der Waals surface area (Å²) in [5.74, 6) is -0.723. The molecule has 3 amide bonds. The number of hydrogen-bond donors (Lipinski definition) is 2. The SMILES string of the molecule is CC(C)[C@@H](OC(=O)CCCSc1ccc(Cl)cc1)C(=O)NC(N)=O. The van der Waals surface area contributed by atoms with Crippen molar-refractivity contribution in [3.63, 3.8) is 0 Å². The third-order valence-corrected chi connectivity index (χ3v) is 4.33. The topological polar surface area (TPSA) is 98.5 Å². The van der Waals surface area contributed by atoms with Crippen LogP contribution < -0.4 is 11.1 Å². The molecule has 0 aromatic heterocycles. The van der Waals surface area contributed by atoms with Crippen molar-refractivity contribution in [2.75, 3.05) is 5.75 Å². The molecule has 0 radical (unpaired) electrons. The van der Waals surface area contributed by atoms with Gasteiger partial charge >= 0.3 is 12.0 Å². The molecule has 0 saturated carbocycles. The molecule has 0 saturated heterocycles. The van der Waals surface area contributed by atoms with Crippen LogP contribution in [0.4, 0.5) is 4.79 Å². The number of urea groups is 1. The number of carbonyl (C=O) groups is 3. The van der Waals surface area contributed by atoms with Crippen molar-refractivity contribution in [3.8, 4) is 0 Å². The third-order valence-electron chi connectivity index (χ3n) is 2.98. The van der Waals surface area contributed by atoms with Crippen LogP contribution in [0.25, 0.3) is 0 Å². The zero-order valence-electron chi connectivity index (χ0n) is 13.6. The Balaban J connectivity index is 2.36. The number of ether oxygens (including phenoxy) is 1. The average Bonchev–Trinajstić information content (AvgIpc) is 2.49. The van der Waals surface area contributed by atoms with E-state index < -0.39 is 24.0 Å². The van der Waals surface area contributed by atoms with Crippen LogP contribution in [-0.2, 0) is 14.3 Å². The molecule has 0 spiro atoms. The van der Waals surface area contributed by atoms with Gasteiger partial charge in [0.05, 0.1) is 0 Å². The fourth-order valence-electron chi connectivity index (χ4n) is 1.82. The van der Waals surface area contributed by atoms with Crippen molar-refractivity contribution < 1.29 is 19.1 Å². The van der Waals surface area contributed by atoms with Crippen molar-refractivity contribution in [2.45, 2.75) is 37.7 Å². The zero-order chi connectivity index (χ0) is 18.1. The molecule has 0 fully saturated rings. The highest BCUT2D eigenvalue weighted by atomic mass is 35.5. The maximum atomic E-state index is 11.9. The van der Waals surface area contributed by atoms with Gasteiger partial charge in [-0.2, -0.15) is 0 Å². The molecule has 0 aliphatic heterocycles. The van der Waals surface area contributed by atoms with Crippen LogP contribution in [0.2, 0.25) is 5.02 Å². The van der Waals surface area contributed by atoms with Crippen LogP contribution >= 0.6 is 23.4 Å². The second kappa shape index (κ2) is 10.2. The summed E-state index contributed by atoms with van der Waals surface area (Å²) in [6, 6.07) is 6.47. The second-order valence-electron chi connectivity index (χ2n) is 5.41. The van der Waals surface area contributed by atoms with E-state index in [2.05, 4.69) is 0 Å². The first kappa shape index (κ1) is 20.3. The zero-order valence-corrected chi connectivity index (χ0v) is 15.2. The van der Waals surface area contributed by atoms with Crippen molar-refractivity contribution in [3.05, 3.63) is 29.3 Å². The maximum Gasteiger partial charge on any atom is 0.318 e. The monoisotopic (exact) mass is 372 g/mol. The minimum Gasteiger partial charge on any atom is -0.452 e. The number of esters is 1. The van der Waals surface area contributed by atoms with Crippen LogP contribution in [0.1, 0.15) is 26.7 Å².